The van der Waals surface area contributed by atoms with E-state index in [9.17, 15) is 13.2 Å². The van der Waals surface area contributed by atoms with Crippen molar-refractivity contribution in [2.45, 2.75) is 38.0 Å². The standard InChI is InChI=1S/C22H28N2O5S/c1-3-28-21-12-11-19(30(26,27)24-13-5-4-6-14-24)15-20(21)23-22(25)16-29-18-9-7-17(2)8-10-18/h7-12,15H,3-6,13-14,16H2,1-2H3,(H,23,25). The van der Waals surface area contributed by atoms with Crippen LogP contribution in [-0.2, 0) is 14.8 Å². The van der Waals surface area contributed by atoms with Crippen molar-refractivity contribution in [2.75, 3.05) is 31.6 Å². The van der Waals surface area contributed by atoms with Crippen LogP contribution in [0.1, 0.15) is 31.7 Å². The molecular weight excluding hydrogens is 404 g/mol. The highest BCUT2D eigenvalue weighted by Gasteiger charge is 2.27. The fraction of sp³-hybridized carbons (Fsp3) is 0.409. The third-order valence-electron chi connectivity index (χ3n) is 4.87. The Morgan fingerprint density at radius 2 is 1.73 bits per heavy atom. The Balaban J connectivity index is 1.75. The van der Waals surface area contributed by atoms with E-state index in [0.717, 1.165) is 24.8 Å². The zero-order valence-corrected chi connectivity index (χ0v) is 18.2. The quantitative estimate of drug-likeness (QED) is 0.689. The number of amides is 1. The Labute approximate surface area is 178 Å². The molecule has 1 aliphatic heterocycles. The minimum atomic E-state index is -3.62. The summed E-state index contributed by atoms with van der Waals surface area (Å²) in [5, 5.41) is 2.72. The molecule has 0 bridgehead atoms. The third-order valence-corrected chi connectivity index (χ3v) is 6.76. The van der Waals surface area contributed by atoms with Gasteiger partial charge < -0.3 is 14.8 Å². The van der Waals surface area contributed by atoms with Crippen molar-refractivity contribution < 1.29 is 22.7 Å². The molecule has 1 fully saturated rings. The normalized spacial score (nSPS) is 14.9. The van der Waals surface area contributed by atoms with Gasteiger partial charge in [0.25, 0.3) is 5.91 Å². The molecule has 3 rings (SSSR count). The molecule has 162 valence electrons. The fourth-order valence-corrected chi connectivity index (χ4v) is 4.82. The second-order valence-electron chi connectivity index (χ2n) is 7.21. The molecule has 30 heavy (non-hydrogen) atoms. The summed E-state index contributed by atoms with van der Waals surface area (Å²) in [6, 6.07) is 11.9. The van der Waals surface area contributed by atoms with E-state index in [0.29, 0.717) is 36.9 Å². The number of anilines is 1. The van der Waals surface area contributed by atoms with E-state index in [4.69, 9.17) is 9.47 Å². The van der Waals surface area contributed by atoms with Gasteiger partial charge in [0, 0.05) is 13.1 Å². The Morgan fingerprint density at radius 1 is 1.03 bits per heavy atom. The third kappa shape index (κ3) is 5.52. The van der Waals surface area contributed by atoms with Gasteiger partial charge in [-0.25, -0.2) is 8.42 Å². The highest BCUT2D eigenvalue weighted by atomic mass is 32.2. The molecular formula is C22H28N2O5S. The second-order valence-corrected chi connectivity index (χ2v) is 9.14. The number of aryl methyl sites for hydroxylation is 1. The SMILES string of the molecule is CCOc1ccc(S(=O)(=O)N2CCCCC2)cc1NC(=O)COc1ccc(C)cc1. The monoisotopic (exact) mass is 432 g/mol. The van der Waals surface area contributed by atoms with Gasteiger partial charge in [0.05, 0.1) is 17.2 Å². The van der Waals surface area contributed by atoms with Crippen LogP contribution in [0, 0.1) is 6.92 Å². The smallest absolute Gasteiger partial charge is 0.262 e. The molecule has 0 radical (unpaired) electrons. The maximum Gasteiger partial charge on any atom is 0.262 e. The summed E-state index contributed by atoms with van der Waals surface area (Å²) >= 11 is 0. The summed E-state index contributed by atoms with van der Waals surface area (Å²) in [5.41, 5.74) is 1.41. The van der Waals surface area contributed by atoms with Crippen LogP contribution in [-0.4, -0.2) is 44.9 Å². The number of piperidine rings is 1. The first kappa shape index (κ1) is 22.1. The minimum absolute atomic E-state index is 0.141. The zero-order valence-electron chi connectivity index (χ0n) is 17.4. The molecule has 0 atom stereocenters. The number of hydrogen-bond donors (Lipinski definition) is 1. The molecule has 1 heterocycles. The molecule has 0 spiro atoms. The molecule has 2 aromatic carbocycles. The van der Waals surface area contributed by atoms with Crippen molar-refractivity contribution in [1.29, 1.82) is 0 Å². The number of carbonyl (C=O) groups is 1. The van der Waals surface area contributed by atoms with Crippen molar-refractivity contribution in [2.24, 2.45) is 0 Å². The van der Waals surface area contributed by atoms with Crippen LogP contribution < -0.4 is 14.8 Å². The van der Waals surface area contributed by atoms with Crippen molar-refractivity contribution in [3.63, 3.8) is 0 Å². The molecule has 8 heteroatoms. The maximum absolute atomic E-state index is 13.0. The Hall–Kier alpha value is -2.58. The van der Waals surface area contributed by atoms with Gasteiger partial charge >= 0.3 is 0 Å². The van der Waals surface area contributed by atoms with Gasteiger partial charge in [-0.2, -0.15) is 4.31 Å². The first-order valence-corrected chi connectivity index (χ1v) is 11.6. The van der Waals surface area contributed by atoms with Crippen LogP contribution in [0.5, 0.6) is 11.5 Å². The Bertz CT molecular complexity index is 968. The number of nitrogens with one attached hydrogen (secondary N) is 1. The van der Waals surface area contributed by atoms with Crippen LogP contribution in [0.2, 0.25) is 0 Å². The van der Waals surface area contributed by atoms with Gasteiger partial charge in [-0.3, -0.25) is 4.79 Å². The molecule has 1 aliphatic rings. The van der Waals surface area contributed by atoms with Crippen LogP contribution in [0.3, 0.4) is 0 Å². The Morgan fingerprint density at radius 3 is 2.40 bits per heavy atom. The molecule has 2 aromatic rings. The van der Waals surface area contributed by atoms with Gasteiger partial charge in [-0.05, 0) is 57.0 Å². The highest BCUT2D eigenvalue weighted by molar-refractivity contribution is 7.89. The molecule has 0 aliphatic carbocycles. The van der Waals surface area contributed by atoms with Crippen molar-refractivity contribution in [3.8, 4) is 11.5 Å². The average molecular weight is 433 g/mol. The summed E-state index contributed by atoms with van der Waals surface area (Å²) in [4.78, 5) is 12.6. The molecule has 0 saturated carbocycles. The first-order chi connectivity index (χ1) is 14.4. The molecule has 0 unspecified atom stereocenters. The summed E-state index contributed by atoms with van der Waals surface area (Å²) < 4.78 is 38.5. The van der Waals surface area contributed by atoms with Crippen molar-refractivity contribution in [1.82, 2.24) is 4.31 Å². The van der Waals surface area contributed by atoms with E-state index >= 15 is 0 Å². The van der Waals surface area contributed by atoms with E-state index in [1.165, 1.54) is 16.4 Å². The minimum Gasteiger partial charge on any atom is -0.492 e. The van der Waals surface area contributed by atoms with Crippen molar-refractivity contribution >= 4 is 21.6 Å². The van der Waals surface area contributed by atoms with Crippen LogP contribution in [0.15, 0.2) is 47.4 Å². The Kier molecular flexibility index (Phi) is 7.33. The predicted molar refractivity (Wildman–Crippen MR) is 116 cm³/mol. The predicted octanol–water partition coefficient (Wildman–Crippen LogP) is 3.59. The summed E-state index contributed by atoms with van der Waals surface area (Å²) in [5.74, 6) is 0.602. The van der Waals surface area contributed by atoms with Crippen LogP contribution >= 0.6 is 0 Å². The number of sulfonamides is 1. The summed E-state index contributed by atoms with van der Waals surface area (Å²) in [7, 11) is -3.62. The molecule has 1 amide bonds. The van der Waals surface area contributed by atoms with Crippen LogP contribution in [0.4, 0.5) is 5.69 Å². The number of benzene rings is 2. The topological polar surface area (TPSA) is 84.9 Å². The largest absolute Gasteiger partial charge is 0.492 e. The first-order valence-electron chi connectivity index (χ1n) is 10.2. The molecule has 1 saturated heterocycles. The highest BCUT2D eigenvalue weighted by Crippen LogP contribution is 2.30. The maximum atomic E-state index is 13.0. The lowest BCUT2D eigenvalue weighted by Crippen LogP contribution is -2.35. The number of carbonyl (C=O) groups excluding carboxylic acids is 1. The number of ether oxygens (including phenoxy) is 2. The zero-order chi connectivity index (χ0) is 21.6. The average Bonchev–Trinajstić information content (AvgIpc) is 2.75. The second kappa shape index (κ2) is 9.95. The molecule has 0 aromatic heterocycles. The van der Waals surface area contributed by atoms with Crippen molar-refractivity contribution in [3.05, 3.63) is 48.0 Å². The van der Waals surface area contributed by atoms with E-state index in [-0.39, 0.29) is 11.5 Å². The fourth-order valence-electron chi connectivity index (χ4n) is 3.27. The van der Waals surface area contributed by atoms with Gasteiger partial charge in [0.2, 0.25) is 10.0 Å². The van der Waals surface area contributed by atoms with E-state index in [1.54, 1.807) is 18.2 Å². The summed E-state index contributed by atoms with van der Waals surface area (Å²) in [6.07, 6.45) is 2.75. The van der Waals surface area contributed by atoms with Gasteiger partial charge in [-0.1, -0.05) is 24.1 Å². The van der Waals surface area contributed by atoms with E-state index in [1.807, 2.05) is 26.0 Å². The molecule has 1 N–H and O–H groups in total. The van der Waals surface area contributed by atoms with Gasteiger partial charge in [0.15, 0.2) is 6.61 Å². The molecule has 7 nitrogen and oxygen atoms in total. The number of rotatable bonds is 8. The lowest BCUT2D eigenvalue weighted by molar-refractivity contribution is -0.118. The van der Waals surface area contributed by atoms with Gasteiger partial charge in [-0.15, -0.1) is 0 Å². The van der Waals surface area contributed by atoms with E-state index < -0.39 is 15.9 Å². The van der Waals surface area contributed by atoms with E-state index in [2.05, 4.69) is 5.32 Å². The summed E-state index contributed by atoms with van der Waals surface area (Å²) in [6.45, 7) is 5.02. The van der Waals surface area contributed by atoms with Crippen LogP contribution in [0.25, 0.3) is 0 Å². The number of nitrogens with zero attached hydrogens (tertiary/aromatic N) is 1. The lowest BCUT2D eigenvalue weighted by Gasteiger charge is -2.26. The lowest BCUT2D eigenvalue weighted by atomic mass is 10.2. The van der Waals surface area contributed by atoms with Gasteiger partial charge in [0.1, 0.15) is 11.5 Å². The number of hydrogen-bond acceptors (Lipinski definition) is 5.